The van der Waals surface area contributed by atoms with Crippen molar-refractivity contribution in [1.82, 2.24) is 0 Å². The number of hydrogen-bond donors (Lipinski definition) is 0. The molecule has 1 rings (SSSR count). The second kappa shape index (κ2) is 6.72. The van der Waals surface area contributed by atoms with Crippen LogP contribution in [0.15, 0.2) is 0 Å². The molecule has 0 atom stereocenters. The molecule has 1 fully saturated rings. The van der Waals surface area contributed by atoms with Crippen molar-refractivity contribution < 1.29 is 30.6 Å². The van der Waals surface area contributed by atoms with Gasteiger partial charge in [-0.15, -0.1) is 0 Å². The van der Waals surface area contributed by atoms with E-state index in [2.05, 4.69) is 13.8 Å². The van der Waals surface area contributed by atoms with Gasteiger partial charge in [-0.3, -0.25) is 0 Å². The lowest BCUT2D eigenvalue weighted by Crippen LogP contribution is -2.50. The van der Waals surface area contributed by atoms with Crippen molar-refractivity contribution in [2.75, 3.05) is 26.2 Å². The molecule has 18 heavy (non-hydrogen) atoms. The standard InChI is InChI=1S/C9H20N.CHF3O3S/c1-3-10(4-2)8-6-5-7-9-10;2-1(3,4)8(5,6)7/h3-9H2,1-2H3;(H,5,6,7)/q+1;/p-1. The predicted molar refractivity (Wildman–Crippen MR) is 60.7 cm³/mol. The first-order valence-electron chi connectivity index (χ1n) is 5.95. The number of likely N-dealkylation sites (tertiary alicyclic amines) is 1. The van der Waals surface area contributed by atoms with E-state index in [1.807, 2.05) is 0 Å². The second-order valence-corrected chi connectivity index (χ2v) is 5.75. The first-order valence-corrected chi connectivity index (χ1v) is 7.36. The molecule has 0 aliphatic carbocycles. The first kappa shape index (κ1) is 17.7. The third-order valence-electron chi connectivity index (χ3n) is 3.39. The third kappa shape index (κ3) is 5.53. The van der Waals surface area contributed by atoms with Crippen LogP contribution in [0.1, 0.15) is 33.1 Å². The molecule has 0 saturated carbocycles. The van der Waals surface area contributed by atoms with Crippen LogP contribution in [0.2, 0.25) is 0 Å². The molecular weight excluding hydrogens is 271 g/mol. The van der Waals surface area contributed by atoms with Crippen molar-refractivity contribution in [2.24, 2.45) is 0 Å². The minimum atomic E-state index is -6.09. The van der Waals surface area contributed by atoms with Crippen LogP contribution >= 0.6 is 0 Å². The fraction of sp³-hybridized carbons (Fsp3) is 1.00. The Kier molecular flexibility index (Phi) is 6.59. The van der Waals surface area contributed by atoms with Crippen LogP contribution < -0.4 is 0 Å². The molecular formula is C10H20F3NO3S. The molecule has 0 aromatic carbocycles. The predicted octanol–water partition coefficient (Wildman–Crippen LogP) is 2.08. The van der Waals surface area contributed by atoms with E-state index in [0.29, 0.717) is 0 Å². The topological polar surface area (TPSA) is 57.2 Å². The highest BCUT2D eigenvalue weighted by atomic mass is 32.2. The molecule has 1 aliphatic rings. The highest BCUT2D eigenvalue weighted by Gasteiger charge is 2.36. The van der Waals surface area contributed by atoms with E-state index in [4.69, 9.17) is 13.0 Å². The van der Waals surface area contributed by atoms with Gasteiger partial charge in [-0.05, 0) is 33.1 Å². The number of piperidine rings is 1. The zero-order chi connectivity index (χ0) is 14.4. The summed E-state index contributed by atoms with van der Waals surface area (Å²) in [6.45, 7) is 10.2. The van der Waals surface area contributed by atoms with Gasteiger partial charge >= 0.3 is 5.51 Å². The smallest absolute Gasteiger partial charge is 0.485 e. The van der Waals surface area contributed by atoms with Crippen molar-refractivity contribution in [1.29, 1.82) is 0 Å². The molecule has 0 spiro atoms. The zero-order valence-electron chi connectivity index (χ0n) is 10.7. The Morgan fingerprint density at radius 1 is 1.06 bits per heavy atom. The number of rotatable bonds is 2. The highest BCUT2D eigenvalue weighted by Crippen LogP contribution is 2.20. The monoisotopic (exact) mass is 291 g/mol. The summed E-state index contributed by atoms with van der Waals surface area (Å²) in [4.78, 5) is 0. The molecule has 0 radical (unpaired) electrons. The second-order valence-electron chi connectivity index (χ2n) is 4.38. The maximum atomic E-state index is 10.7. The van der Waals surface area contributed by atoms with Crippen LogP contribution in [0.3, 0.4) is 0 Å². The Morgan fingerprint density at radius 3 is 1.56 bits per heavy atom. The van der Waals surface area contributed by atoms with E-state index in [0.717, 1.165) is 0 Å². The van der Waals surface area contributed by atoms with E-state index in [-0.39, 0.29) is 0 Å². The van der Waals surface area contributed by atoms with E-state index < -0.39 is 15.6 Å². The van der Waals surface area contributed by atoms with E-state index in [9.17, 15) is 13.2 Å². The number of nitrogens with zero attached hydrogens (tertiary/aromatic N) is 1. The van der Waals surface area contributed by atoms with Crippen LogP contribution in [0.4, 0.5) is 13.2 Å². The molecule has 0 aromatic heterocycles. The average Bonchev–Trinajstić information content (AvgIpc) is 2.28. The molecule has 1 aliphatic heterocycles. The van der Waals surface area contributed by atoms with Gasteiger partial charge in [-0.1, -0.05) is 0 Å². The van der Waals surface area contributed by atoms with E-state index >= 15 is 0 Å². The molecule has 110 valence electrons. The molecule has 0 unspecified atom stereocenters. The van der Waals surface area contributed by atoms with Crippen molar-refractivity contribution in [3.8, 4) is 0 Å². The van der Waals surface area contributed by atoms with Crippen LogP contribution in [-0.2, 0) is 10.1 Å². The summed E-state index contributed by atoms with van der Waals surface area (Å²) < 4.78 is 60.3. The maximum absolute atomic E-state index is 10.7. The average molecular weight is 291 g/mol. The fourth-order valence-electron chi connectivity index (χ4n) is 2.04. The quantitative estimate of drug-likeness (QED) is 0.444. The van der Waals surface area contributed by atoms with Gasteiger partial charge in [0.25, 0.3) is 0 Å². The Morgan fingerprint density at radius 2 is 1.39 bits per heavy atom. The molecule has 0 bridgehead atoms. The minimum absolute atomic E-state index is 1.34. The molecule has 1 heterocycles. The minimum Gasteiger partial charge on any atom is -0.741 e. The summed E-state index contributed by atoms with van der Waals surface area (Å²) >= 11 is 0. The summed E-state index contributed by atoms with van der Waals surface area (Å²) in [5.41, 5.74) is -5.65. The van der Waals surface area contributed by atoms with E-state index in [1.54, 1.807) is 0 Å². The van der Waals surface area contributed by atoms with Gasteiger partial charge in [0, 0.05) is 0 Å². The van der Waals surface area contributed by atoms with Crippen molar-refractivity contribution >= 4 is 10.1 Å². The Labute approximate surface area is 106 Å². The van der Waals surface area contributed by atoms with Gasteiger partial charge in [0.1, 0.15) is 0 Å². The lowest BCUT2D eigenvalue weighted by molar-refractivity contribution is -0.929. The fourth-order valence-corrected chi connectivity index (χ4v) is 2.04. The summed E-state index contributed by atoms with van der Waals surface area (Å²) in [6, 6.07) is 0. The molecule has 1 saturated heterocycles. The number of alkyl halides is 3. The lowest BCUT2D eigenvalue weighted by atomic mass is 10.1. The van der Waals surface area contributed by atoms with Gasteiger partial charge in [0.15, 0.2) is 10.1 Å². The Bertz CT molecular complexity index is 329. The van der Waals surface area contributed by atoms with Crippen LogP contribution in [0.5, 0.6) is 0 Å². The van der Waals surface area contributed by atoms with Gasteiger partial charge in [-0.2, -0.15) is 13.2 Å². The SMILES string of the molecule is CC[N+]1(CC)CCCCC1.O=S(=O)([O-])C(F)(F)F. The summed E-state index contributed by atoms with van der Waals surface area (Å²) in [5.74, 6) is 0. The molecule has 0 N–H and O–H groups in total. The van der Waals surface area contributed by atoms with E-state index in [1.165, 1.54) is 49.9 Å². The number of halogens is 3. The number of hydrogen-bond acceptors (Lipinski definition) is 3. The number of quaternary nitrogens is 1. The zero-order valence-corrected chi connectivity index (χ0v) is 11.5. The Hall–Kier alpha value is -0.340. The summed E-state index contributed by atoms with van der Waals surface area (Å²) in [7, 11) is -6.09. The van der Waals surface area contributed by atoms with Gasteiger partial charge in [-0.25, -0.2) is 8.42 Å². The van der Waals surface area contributed by atoms with Gasteiger partial charge < -0.3 is 9.04 Å². The summed E-state index contributed by atoms with van der Waals surface area (Å²) in [6.07, 6.45) is 4.39. The van der Waals surface area contributed by atoms with Gasteiger partial charge in [0.2, 0.25) is 0 Å². The highest BCUT2D eigenvalue weighted by molar-refractivity contribution is 7.86. The summed E-state index contributed by atoms with van der Waals surface area (Å²) in [5, 5.41) is 0. The molecule has 4 nitrogen and oxygen atoms in total. The third-order valence-corrected chi connectivity index (χ3v) is 3.96. The Balaban J connectivity index is 0.000000331. The molecule has 0 amide bonds. The normalized spacial score (nSPS) is 19.9. The lowest BCUT2D eigenvalue weighted by Gasteiger charge is -2.39. The first-order chi connectivity index (χ1) is 8.08. The van der Waals surface area contributed by atoms with Crippen molar-refractivity contribution in [2.45, 2.75) is 38.6 Å². The van der Waals surface area contributed by atoms with Gasteiger partial charge in [0.05, 0.1) is 26.2 Å². The molecule has 8 heteroatoms. The van der Waals surface area contributed by atoms with Crippen LogP contribution in [0.25, 0.3) is 0 Å². The van der Waals surface area contributed by atoms with Crippen LogP contribution in [0, 0.1) is 0 Å². The van der Waals surface area contributed by atoms with Crippen molar-refractivity contribution in [3.05, 3.63) is 0 Å². The largest absolute Gasteiger partial charge is 0.741 e. The molecule has 0 aromatic rings. The van der Waals surface area contributed by atoms with Crippen molar-refractivity contribution in [3.63, 3.8) is 0 Å². The maximum Gasteiger partial charge on any atom is 0.485 e. The van der Waals surface area contributed by atoms with Crippen LogP contribution in [-0.4, -0.2) is 49.1 Å².